The van der Waals surface area contributed by atoms with E-state index in [1.165, 1.54) is 0 Å². The number of fused-ring (bicyclic) bond motifs is 1. The fourth-order valence-corrected chi connectivity index (χ4v) is 6.11. The number of aromatic nitrogens is 1. The maximum atomic E-state index is 15.6. The molecule has 3 amide bonds. The topological polar surface area (TPSA) is 112 Å². The normalized spacial score (nSPS) is 18.9. The van der Waals surface area contributed by atoms with Crippen molar-refractivity contribution in [2.45, 2.75) is 30.6 Å². The van der Waals surface area contributed by atoms with Crippen molar-refractivity contribution in [2.75, 3.05) is 0 Å². The van der Waals surface area contributed by atoms with Crippen LogP contribution >= 0.6 is 23.4 Å². The molecule has 0 aliphatic carbocycles. The molecule has 212 valence electrons. The molecule has 6 rings (SSSR count). The van der Waals surface area contributed by atoms with Crippen LogP contribution in [0.4, 0.5) is 13.6 Å². The SMILES string of the molecule is Cc1ccc([C@@H]2CC(c3c(-c4ccc(Cl)cc4)c4ccccc4[nH]c3=O)=NN2C(=O)C(F)(F)C2SC(=O)NC2=O)cc1. The highest BCUT2D eigenvalue weighted by atomic mass is 35.5. The summed E-state index contributed by atoms with van der Waals surface area (Å²) in [6.07, 6.45) is -0.0597. The molecule has 0 radical (unpaired) electrons. The molecule has 4 aromatic rings. The van der Waals surface area contributed by atoms with Crippen LogP contribution in [-0.4, -0.2) is 43.9 Å². The third kappa shape index (κ3) is 4.78. The summed E-state index contributed by atoms with van der Waals surface area (Å²) >= 11 is 6.18. The van der Waals surface area contributed by atoms with Gasteiger partial charge < -0.3 is 4.98 Å². The van der Waals surface area contributed by atoms with Crippen LogP contribution in [0.2, 0.25) is 5.02 Å². The number of rotatable bonds is 5. The van der Waals surface area contributed by atoms with Crippen molar-refractivity contribution >= 4 is 57.0 Å². The van der Waals surface area contributed by atoms with E-state index in [9.17, 15) is 19.2 Å². The van der Waals surface area contributed by atoms with E-state index in [0.717, 1.165) is 5.56 Å². The zero-order valence-electron chi connectivity index (χ0n) is 21.9. The molecule has 1 fully saturated rings. The second-order valence-corrected chi connectivity index (χ2v) is 11.5. The van der Waals surface area contributed by atoms with Crippen LogP contribution < -0.4 is 10.9 Å². The Balaban J connectivity index is 1.53. The largest absolute Gasteiger partial charge is 0.347 e. The van der Waals surface area contributed by atoms with Crippen molar-refractivity contribution < 1.29 is 23.2 Å². The predicted octanol–water partition coefficient (Wildman–Crippen LogP) is 5.82. The average Bonchev–Trinajstić information content (AvgIpc) is 3.55. The smallest absolute Gasteiger partial charge is 0.321 e. The van der Waals surface area contributed by atoms with Crippen molar-refractivity contribution in [2.24, 2.45) is 5.10 Å². The highest BCUT2D eigenvalue weighted by molar-refractivity contribution is 8.15. The van der Waals surface area contributed by atoms with Gasteiger partial charge in [0.15, 0.2) is 5.25 Å². The fourth-order valence-electron chi connectivity index (χ4n) is 5.19. The molecule has 8 nitrogen and oxygen atoms in total. The Morgan fingerprint density at radius 2 is 1.69 bits per heavy atom. The van der Waals surface area contributed by atoms with Gasteiger partial charge in [0, 0.05) is 27.9 Å². The number of nitrogens with one attached hydrogen (secondary N) is 2. The van der Waals surface area contributed by atoms with Crippen molar-refractivity contribution in [1.29, 1.82) is 0 Å². The Morgan fingerprint density at radius 1 is 1.00 bits per heavy atom. The van der Waals surface area contributed by atoms with Crippen LogP contribution in [0.25, 0.3) is 22.0 Å². The lowest BCUT2D eigenvalue weighted by atomic mass is 9.91. The number of benzene rings is 3. The second kappa shape index (κ2) is 10.5. The molecule has 42 heavy (non-hydrogen) atoms. The first-order chi connectivity index (χ1) is 20.0. The fraction of sp³-hybridized carbons (Fsp3) is 0.167. The molecule has 2 atom stereocenters. The number of amides is 3. The number of hydrogen-bond acceptors (Lipinski definition) is 6. The van der Waals surface area contributed by atoms with Gasteiger partial charge in [-0.3, -0.25) is 24.5 Å². The number of hydrazone groups is 1. The highest BCUT2D eigenvalue weighted by Gasteiger charge is 2.59. The second-order valence-electron chi connectivity index (χ2n) is 9.98. The van der Waals surface area contributed by atoms with Crippen molar-refractivity contribution in [3.63, 3.8) is 0 Å². The summed E-state index contributed by atoms with van der Waals surface area (Å²) in [5.41, 5.74) is 2.83. The Morgan fingerprint density at radius 3 is 2.36 bits per heavy atom. The lowest BCUT2D eigenvalue weighted by Gasteiger charge is -2.27. The summed E-state index contributed by atoms with van der Waals surface area (Å²) in [6, 6.07) is 19.9. The van der Waals surface area contributed by atoms with Crippen molar-refractivity contribution in [1.82, 2.24) is 15.3 Å². The quantitative estimate of drug-likeness (QED) is 0.297. The van der Waals surface area contributed by atoms with E-state index in [2.05, 4.69) is 10.1 Å². The molecule has 3 heterocycles. The van der Waals surface area contributed by atoms with Gasteiger partial charge in [-0.15, -0.1) is 0 Å². The standard InChI is InChI=1S/C30H21ClF2N4O4S/c1-15-6-8-16(9-7-15)22-14-21(36-37(22)28(40)30(32,33)25-27(39)35-29(41)42-25)24-23(17-10-12-18(31)13-11-17)19-4-2-3-5-20(19)34-26(24)38/h2-13,22,25H,14H2,1H3,(H,34,38)(H,35,39,41)/t22-,25?/m0/s1. The number of carbonyl (C=O) groups is 3. The maximum Gasteiger partial charge on any atom is 0.347 e. The van der Waals surface area contributed by atoms with Crippen molar-refractivity contribution in [3.05, 3.63) is 105 Å². The van der Waals surface area contributed by atoms with Crippen LogP contribution in [0, 0.1) is 6.92 Å². The molecule has 0 saturated carbocycles. The number of alkyl halides is 2. The molecular formula is C30H21ClF2N4O4S. The van der Waals surface area contributed by atoms with Gasteiger partial charge in [-0.25, -0.2) is 5.01 Å². The van der Waals surface area contributed by atoms with E-state index in [4.69, 9.17) is 11.6 Å². The number of nitrogens with zero attached hydrogens (tertiary/aromatic N) is 2. The number of carbonyl (C=O) groups excluding carboxylic acids is 3. The van der Waals surface area contributed by atoms with E-state index < -0.39 is 39.8 Å². The van der Waals surface area contributed by atoms with Crippen LogP contribution in [0.15, 0.2) is 82.7 Å². The Kier molecular flexibility index (Phi) is 6.94. The Labute approximate surface area is 246 Å². The number of thioether (sulfide) groups is 1. The van der Waals surface area contributed by atoms with Gasteiger partial charge in [-0.05, 0) is 48.0 Å². The van der Waals surface area contributed by atoms with Gasteiger partial charge in [0.05, 0.1) is 17.3 Å². The molecule has 0 bridgehead atoms. The van der Waals surface area contributed by atoms with Gasteiger partial charge in [-0.2, -0.15) is 13.9 Å². The molecule has 2 aliphatic rings. The van der Waals surface area contributed by atoms with Crippen LogP contribution in [0.1, 0.15) is 29.2 Å². The van der Waals surface area contributed by atoms with Crippen LogP contribution in [-0.2, 0) is 9.59 Å². The van der Waals surface area contributed by atoms with Gasteiger partial charge in [0.2, 0.25) is 5.91 Å². The lowest BCUT2D eigenvalue weighted by molar-refractivity contribution is -0.161. The first-order valence-corrected chi connectivity index (χ1v) is 14.1. The summed E-state index contributed by atoms with van der Waals surface area (Å²) in [5.74, 6) is -7.28. The number of halogens is 3. The number of aromatic amines is 1. The number of H-pyrrole nitrogens is 1. The van der Waals surface area contributed by atoms with Crippen LogP contribution in [0.3, 0.4) is 0 Å². The first-order valence-electron chi connectivity index (χ1n) is 12.8. The molecule has 2 aliphatic heterocycles. The molecular weight excluding hydrogens is 586 g/mol. The zero-order valence-corrected chi connectivity index (χ0v) is 23.4. The summed E-state index contributed by atoms with van der Waals surface area (Å²) in [5, 5.41) is 4.73. The molecule has 3 aromatic carbocycles. The monoisotopic (exact) mass is 606 g/mol. The summed E-state index contributed by atoms with van der Waals surface area (Å²) in [7, 11) is 0. The molecule has 12 heteroatoms. The van der Waals surface area contributed by atoms with E-state index in [1.807, 2.05) is 13.0 Å². The zero-order chi connectivity index (χ0) is 29.8. The van der Waals surface area contributed by atoms with E-state index in [1.54, 1.807) is 72.0 Å². The number of aryl methyl sites for hydroxylation is 1. The minimum absolute atomic E-state index is 0.0573. The lowest BCUT2D eigenvalue weighted by Crippen LogP contribution is -2.50. The van der Waals surface area contributed by atoms with E-state index >= 15 is 8.78 Å². The maximum absolute atomic E-state index is 15.6. The minimum Gasteiger partial charge on any atom is -0.321 e. The van der Waals surface area contributed by atoms with Gasteiger partial charge in [0.25, 0.3) is 10.8 Å². The van der Waals surface area contributed by atoms with E-state index in [-0.39, 0.29) is 29.5 Å². The number of pyridine rings is 1. The number of hydrogen-bond donors (Lipinski definition) is 2. The summed E-state index contributed by atoms with van der Waals surface area (Å²) < 4.78 is 31.2. The summed E-state index contributed by atoms with van der Waals surface area (Å²) in [4.78, 5) is 53.7. The minimum atomic E-state index is -4.27. The predicted molar refractivity (Wildman–Crippen MR) is 157 cm³/mol. The molecule has 1 aromatic heterocycles. The van der Waals surface area contributed by atoms with Gasteiger partial charge in [-0.1, -0.05) is 71.8 Å². The third-order valence-corrected chi connectivity index (χ3v) is 8.54. The third-order valence-electron chi connectivity index (χ3n) is 7.23. The van der Waals surface area contributed by atoms with Gasteiger partial charge >= 0.3 is 11.8 Å². The molecule has 2 N–H and O–H groups in total. The Bertz CT molecular complexity index is 1860. The Hall–Kier alpha value is -4.35. The first kappa shape index (κ1) is 27.8. The van der Waals surface area contributed by atoms with Gasteiger partial charge in [0.1, 0.15) is 0 Å². The molecule has 0 spiro atoms. The van der Waals surface area contributed by atoms with Crippen molar-refractivity contribution in [3.8, 4) is 11.1 Å². The molecule has 1 unspecified atom stereocenters. The van der Waals surface area contributed by atoms with E-state index in [0.29, 0.717) is 37.6 Å². The number of para-hydroxylation sites is 1. The van der Waals surface area contributed by atoms with Crippen LogP contribution in [0.5, 0.6) is 0 Å². The summed E-state index contributed by atoms with van der Waals surface area (Å²) in [6.45, 7) is 1.86. The number of imide groups is 1. The average molecular weight is 607 g/mol. The molecule has 1 saturated heterocycles. The highest BCUT2D eigenvalue weighted by Crippen LogP contribution is 2.41.